The quantitative estimate of drug-likeness (QED) is 0.814. The van der Waals surface area contributed by atoms with Gasteiger partial charge in [-0.3, -0.25) is 14.4 Å². The average molecular weight is 394 g/mol. The zero-order valence-electron chi connectivity index (χ0n) is 13.1. The number of ether oxygens (including phenoxy) is 1. The maximum atomic E-state index is 12.2. The van der Waals surface area contributed by atoms with Crippen molar-refractivity contribution in [3.8, 4) is 5.75 Å². The summed E-state index contributed by atoms with van der Waals surface area (Å²) in [7, 11) is 1.47. The number of aromatic nitrogens is 1. The van der Waals surface area contributed by atoms with Gasteiger partial charge in [-0.1, -0.05) is 0 Å². The van der Waals surface area contributed by atoms with E-state index in [0.29, 0.717) is 21.6 Å². The molecule has 0 spiro atoms. The van der Waals surface area contributed by atoms with Crippen LogP contribution in [0.5, 0.6) is 5.75 Å². The first kappa shape index (κ1) is 17.7. The third-order valence-corrected chi connectivity index (χ3v) is 3.52. The summed E-state index contributed by atoms with van der Waals surface area (Å²) in [5.41, 5.74) is 0.641. The number of rotatable bonds is 5. The number of carbonyl (C=O) groups excluding carboxylic acids is 2. The minimum Gasteiger partial charge on any atom is -0.495 e. The first-order chi connectivity index (χ1) is 11.4. The molecule has 1 heterocycles. The summed E-state index contributed by atoms with van der Waals surface area (Å²) in [5, 5.41) is 5.31. The number of carbonyl (C=O) groups is 2. The van der Waals surface area contributed by atoms with Gasteiger partial charge in [-0.25, -0.2) is 0 Å². The summed E-state index contributed by atoms with van der Waals surface area (Å²) < 4.78 is 7.17. The minimum atomic E-state index is -0.395. The normalized spacial score (nSPS) is 10.1. The molecule has 0 bridgehead atoms. The number of hydrogen-bond donors (Lipinski definition) is 2. The molecule has 0 atom stereocenters. The van der Waals surface area contributed by atoms with Crippen LogP contribution in [0.4, 0.5) is 11.4 Å². The zero-order chi connectivity index (χ0) is 17.7. The van der Waals surface area contributed by atoms with Gasteiger partial charge in [0.2, 0.25) is 11.8 Å². The third kappa shape index (κ3) is 4.69. The van der Waals surface area contributed by atoms with Crippen LogP contribution in [0.25, 0.3) is 0 Å². The van der Waals surface area contributed by atoms with Crippen molar-refractivity contribution in [2.24, 2.45) is 0 Å². The van der Waals surface area contributed by atoms with Crippen LogP contribution in [-0.2, 0) is 16.1 Å². The van der Waals surface area contributed by atoms with Crippen LogP contribution in [0.2, 0.25) is 0 Å². The molecular weight excluding hydrogens is 378 g/mol. The molecule has 0 aliphatic rings. The highest BCUT2D eigenvalue weighted by Crippen LogP contribution is 2.27. The van der Waals surface area contributed by atoms with Gasteiger partial charge in [0.15, 0.2) is 0 Å². The fraction of sp³-hybridized carbons (Fsp3) is 0.188. The lowest BCUT2D eigenvalue weighted by atomic mass is 10.2. The van der Waals surface area contributed by atoms with Crippen molar-refractivity contribution in [1.82, 2.24) is 4.57 Å². The van der Waals surface area contributed by atoms with Gasteiger partial charge in [0.25, 0.3) is 5.56 Å². The summed E-state index contributed by atoms with van der Waals surface area (Å²) in [6.07, 6.45) is 1.53. The summed E-state index contributed by atoms with van der Waals surface area (Å²) in [6.45, 7) is 1.24. The molecule has 8 heteroatoms. The molecule has 0 unspecified atom stereocenters. The second kappa shape index (κ2) is 7.78. The number of benzene rings is 1. The number of hydrogen-bond acceptors (Lipinski definition) is 4. The molecule has 2 amide bonds. The number of amides is 2. The van der Waals surface area contributed by atoms with Crippen molar-refractivity contribution in [1.29, 1.82) is 0 Å². The number of halogens is 1. The van der Waals surface area contributed by atoms with Crippen molar-refractivity contribution >= 4 is 39.1 Å². The number of methoxy groups -OCH3 is 1. The van der Waals surface area contributed by atoms with E-state index in [-0.39, 0.29) is 18.0 Å². The lowest BCUT2D eigenvalue weighted by Crippen LogP contribution is -2.26. The van der Waals surface area contributed by atoms with Crippen LogP contribution >= 0.6 is 15.9 Å². The first-order valence-electron chi connectivity index (χ1n) is 7.00. The molecule has 2 aromatic rings. The maximum Gasteiger partial charge on any atom is 0.251 e. The molecule has 0 aliphatic heterocycles. The predicted molar refractivity (Wildman–Crippen MR) is 94.3 cm³/mol. The molecule has 24 heavy (non-hydrogen) atoms. The van der Waals surface area contributed by atoms with E-state index in [4.69, 9.17) is 4.74 Å². The van der Waals surface area contributed by atoms with Crippen molar-refractivity contribution in [2.75, 3.05) is 17.7 Å². The monoisotopic (exact) mass is 393 g/mol. The molecule has 1 aromatic heterocycles. The predicted octanol–water partition coefficient (Wildman–Crippen LogP) is 2.22. The SMILES string of the molecule is COc1ccc(NC(C)=O)cc1NC(=O)Cn1cc(Br)ccc1=O. The summed E-state index contributed by atoms with van der Waals surface area (Å²) in [4.78, 5) is 35.1. The lowest BCUT2D eigenvalue weighted by Gasteiger charge is -2.13. The fourth-order valence-electron chi connectivity index (χ4n) is 2.06. The first-order valence-corrected chi connectivity index (χ1v) is 7.80. The van der Waals surface area contributed by atoms with Gasteiger partial charge in [-0.15, -0.1) is 0 Å². The molecule has 0 saturated carbocycles. The molecule has 2 N–H and O–H groups in total. The van der Waals surface area contributed by atoms with Gasteiger partial charge in [0, 0.05) is 29.3 Å². The van der Waals surface area contributed by atoms with Crippen molar-refractivity contribution < 1.29 is 14.3 Å². The van der Waals surface area contributed by atoms with Gasteiger partial charge >= 0.3 is 0 Å². The maximum absolute atomic E-state index is 12.2. The van der Waals surface area contributed by atoms with Gasteiger partial charge in [0.05, 0.1) is 12.8 Å². The highest BCUT2D eigenvalue weighted by molar-refractivity contribution is 9.10. The Morgan fingerprint density at radius 2 is 1.96 bits per heavy atom. The smallest absolute Gasteiger partial charge is 0.251 e. The Kier molecular flexibility index (Phi) is 5.75. The van der Waals surface area contributed by atoms with E-state index >= 15 is 0 Å². The summed E-state index contributed by atoms with van der Waals surface area (Å²) >= 11 is 3.26. The van der Waals surface area contributed by atoms with Crippen LogP contribution in [0.1, 0.15) is 6.92 Å². The third-order valence-electron chi connectivity index (χ3n) is 3.06. The van der Waals surface area contributed by atoms with Gasteiger partial charge < -0.3 is 19.9 Å². The van der Waals surface area contributed by atoms with E-state index in [1.54, 1.807) is 24.3 Å². The second-order valence-electron chi connectivity index (χ2n) is 4.96. The Morgan fingerprint density at radius 3 is 2.62 bits per heavy atom. The highest BCUT2D eigenvalue weighted by atomic mass is 79.9. The van der Waals surface area contributed by atoms with E-state index < -0.39 is 5.91 Å². The minimum absolute atomic E-state index is 0.147. The lowest BCUT2D eigenvalue weighted by molar-refractivity contribution is -0.117. The molecule has 0 saturated heterocycles. The molecule has 126 valence electrons. The van der Waals surface area contributed by atoms with Crippen molar-refractivity contribution in [3.63, 3.8) is 0 Å². The topological polar surface area (TPSA) is 89.4 Å². The van der Waals surface area contributed by atoms with E-state index in [1.165, 1.54) is 30.9 Å². The molecule has 0 fully saturated rings. The van der Waals surface area contributed by atoms with Gasteiger partial charge in [-0.05, 0) is 40.2 Å². The van der Waals surface area contributed by atoms with Crippen LogP contribution in [-0.4, -0.2) is 23.5 Å². The molecular formula is C16H16BrN3O4. The fourth-order valence-corrected chi connectivity index (χ4v) is 2.44. The number of anilines is 2. The number of pyridine rings is 1. The van der Waals surface area contributed by atoms with Gasteiger partial charge in [-0.2, -0.15) is 0 Å². The van der Waals surface area contributed by atoms with Crippen LogP contribution < -0.4 is 20.9 Å². The Balaban J connectivity index is 2.19. The van der Waals surface area contributed by atoms with Crippen molar-refractivity contribution in [2.45, 2.75) is 13.5 Å². The van der Waals surface area contributed by atoms with E-state index in [9.17, 15) is 14.4 Å². The zero-order valence-corrected chi connectivity index (χ0v) is 14.7. The Morgan fingerprint density at radius 1 is 1.21 bits per heavy atom. The molecule has 0 aliphatic carbocycles. The second-order valence-corrected chi connectivity index (χ2v) is 5.87. The highest BCUT2D eigenvalue weighted by Gasteiger charge is 2.11. The Hall–Kier alpha value is -2.61. The van der Waals surface area contributed by atoms with Crippen LogP contribution in [0.15, 0.2) is 45.8 Å². The van der Waals surface area contributed by atoms with E-state index in [2.05, 4.69) is 26.6 Å². The Labute approximate surface area is 146 Å². The standard InChI is InChI=1S/C16H16BrN3O4/c1-10(21)18-12-4-5-14(24-2)13(7-12)19-15(22)9-20-8-11(17)3-6-16(20)23/h3-8H,9H2,1-2H3,(H,18,21)(H,19,22). The molecule has 1 aromatic carbocycles. The number of nitrogens with zero attached hydrogens (tertiary/aromatic N) is 1. The van der Waals surface area contributed by atoms with Crippen LogP contribution in [0.3, 0.4) is 0 Å². The molecule has 7 nitrogen and oxygen atoms in total. The van der Waals surface area contributed by atoms with E-state index in [1.807, 2.05) is 0 Å². The summed E-state index contributed by atoms with van der Waals surface area (Å²) in [6, 6.07) is 7.86. The van der Waals surface area contributed by atoms with Gasteiger partial charge in [0.1, 0.15) is 12.3 Å². The number of nitrogens with one attached hydrogen (secondary N) is 2. The summed E-state index contributed by atoms with van der Waals surface area (Å²) in [5.74, 6) is -0.175. The largest absolute Gasteiger partial charge is 0.495 e. The molecule has 0 radical (unpaired) electrons. The molecule has 2 rings (SSSR count). The Bertz CT molecular complexity index is 832. The van der Waals surface area contributed by atoms with E-state index in [0.717, 1.165) is 0 Å². The van der Waals surface area contributed by atoms with Crippen molar-refractivity contribution in [3.05, 3.63) is 51.4 Å². The van der Waals surface area contributed by atoms with Crippen LogP contribution in [0, 0.1) is 0 Å². The average Bonchev–Trinajstić information content (AvgIpc) is 2.50.